The van der Waals surface area contributed by atoms with Crippen LogP contribution in [0, 0.1) is 19.8 Å². The van der Waals surface area contributed by atoms with Gasteiger partial charge in [0.2, 0.25) is 0 Å². The van der Waals surface area contributed by atoms with E-state index in [1.807, 2.05) is 38.0 Å². The number of likely N-dealkylation sites (tertiary alicyclic amines) is 1. The Balaban J connectivity index is 1.14. The van der Waals surface area contributed by atoms with Crippen LogP contribution >= 0.6 is 11.3 Å². The van der Waals surface area contributed by atoms with E-state index in [9.17, 15) is 9.59 Å². The minimum Gasteiger partial charge on any atom is -0.351 e. The Kier molecular flexibility index (Phi) is 6.04. The Labute approximate surface area is 218 Å². The Morgan fingerprint density at radius 3 is 2.73 bits per heavy atom. The maximum atomic E-state index is 13.2. The Bertz CT molecular complexity index is 1500. The zero-order valence-corrected chi connectivity index (χ0v) is 22.0. The number of fused-ring (bicyclic) bond motifs is 3. The van der Waals surface area contributed by atoms with Crippen molar-refractivity contribution in [3.8, 4) is 10.4 Å². The molecule has 37 heavy (non-hydrogen) atoms. The molecule has 1 saturated carbocycles. The van der Waals surface area contributed by atoms with Crippen molar-refractivity contribution in [3.63, 3.8) is 0 Å². The van der Waals surface area contributed by atoms with Crippen molar-refractivity contribution >= 4 is 33.7 Å². The Morgan fingerprint density at radius 2 is 2.00 bits per heavy atom. The molecule has 2 N–H and O–H groups in total. The van der Waals surface area contributed by atoms with Crippen LogP contribution < -0.4 is 10.6 Å². The molecule has 2 unspecified atom stereocenters. The molecule has 0 radical (unpaired) electrons. The number of anilines is 1. The monoisotopic (exact) mass is 518 g/mol. The van der Waals surface area contributed by atoms with E-state index >= 15 is 0 Å². The minimum absolute atomic E-state index is 0.185. The molecule has 4 aromatic heterocycles. The summed E-state index contributed by atoms with van der Waals surface area (Å²) in [4.78, 5) is 34.6. The summed E-state index contributed by atoms with van der Waals surface area (Å²) in [5.41, 5.74) is 4.09. The summed E-state index contributed by atoms with van der Waals surface area (Å²) in [6.45, 7) is 6.44. The lowest BCUT2D eigenvalue weighted by Crippen LogP contribution is -2.39. The highest BCUT2D eigenvalue weighted by atomic mass is 32.1. The number of aryl methyl sites for hydroxylation is 2. The van der Waals surface area contributed by atoms with Crippen LogP contribution in [0.4, 0.5) is 5.69 Å². The number of nitrogens with zero attached hydrogens (tertiary/aromatic N) is 6. The van der Waals surface area contributed by atoms with Gasteiger partial charge in [-0.1, -0.05) is 0 Å². The fourth-order valence-electron chi connectivity index (χ4n) is 5.50. The fourth-order valence-corrected chi connectivity index (χ4v) is 6.62. The first-order valence-electron chi connectivity index (χ1n) is 12.6. The Hall–Kier alpha value is -3.57. The molecule has 2 bridgehead atoms. The summed E-state index contributed by atoms with van der Waals surface area (Å²) >= 11 is 1.49. The third kappa shape index (κ3) is 4.42. The van der Waals surface area contributed by atoms with Crippen molar-refractivity contribution in [2.24, 2.45) is 13.0 Å². The number of piperidine rings is 1. The standard InChI is InChI=1S/C26H30N8O2S/c1-15-22(9-18(10-28-15)24(35)27-6-7-33-13-17-4-5-19(33)8-17)31-25(36)21-12-30-34-14-23(37-26(21)34)20-11-29-32(3)16(20)2/h9-12,14,17,19H,4-8,13H2,1-3H3,(H,27,35)(H,31,36). The number of thiazole rings is 1. The van der Waals surface area contributed by atoms with Crippen molar-refractivity contribution in [3.05, 3.63) is 53.4 Å². The van der Waals surface area contributed by atoms with Crippen molar-refractivity contribution < 1.29 is 9.59 Å². The van der Waals surface area contributed by atoms with Crippen LogP contribution in [0.3, 0.4) is 0 Å². The zero-order valence-electron chi connectivity index (χ0n) is 21.2. The molecule has 2 aliphatic rings. The highest BCUT2D eigenvalue weighted by Gasteiger charge is 2.37. The first-order valence-corrected chi connectivity index (χ1v) is 13.5. The molecule has 6 rings (SSSR count). The van der Waals surface area contributed by atoms with Crippen LogP contribution in [0.2, 0.25) is 0 Å². The molecule has 4 aromatic rings. The van der Waals surface area contributed by atoms with Gasteiger partial charge in [0.15, 0.2) is 0 Å². The number of carbonyl (C=O) groups is 2. The molecule has 2 atom stereocenters. The first-order chi connectivity index (χ1) is 17.9. The normalized spacial score (nSPS) is 19.1. The van der Waals surface area contributed by atoms with Gasteiger partial charge in [0.05, 0.1) is 39.8 Å². The molecule has 0 aromatic carbocycles. The van der Waals surface area contributed by atoms with Gasteiger partial charge in [-0.25, -0.2) is 4.52 Å². The predicted octanol–water partition coefficient (Wildman–Crippen LogP) is 3.27. The van der Waals surface area contributed by atoms with Gasteiger partial charge in [-0.05, 0) is 45.1 Å². The van der Waals surface area contributed by atoms with Crippen LogP contribution in [0.5, 0.6) is 0 Å². The van der Waals surface area contributed by atoms with Gasteiger partial charge in [-0.15, -0.1) is 11.3 Å². The molecule has 1 aliphatic carbocycles. The van der Waals surface area contributed by atoms with E-state index in [1.54, 1.807) is 23.0 Å². The number of aromatic nitrogens is 5. The molecule has 1 saturated heterocycles. The largest absolute Gasteiger partial charge is 0.351 e. The van der Waals surface area contributed by atoms with Crippen molar-refractivity contribution in [2.45, 2.75) is 39.2 Å². The number of amides is 2. The summed E-state index contributed by atoms with van der Waals surface area (Å²) in [5.74, 6) is 0.360. The number of nitrogens with one attached hydrogen (secondary N) is 2. The average molecular weight is 519 g/mol. The van der Waals surface area contributed by atoms with E-state index in [1.165, 1.54) is 30.6 Å². The van der Waals surface area contributed by atoms with E-state index < -0.39 is 0 Å². The summed E-state index contributed by atoms with van der Waals surface area (Å²) in [6, 6.07) is 2.38. The van der Waals surface area contributed by atoms with Crippen LogP contribution in [0.15, 0.2) is 30.9 Å². The number of pyridine rings is 1. The van der Waals surface area contributed by atoms with E-state index in [0.717, 1.165) is 40.0 Å². The lowest BCUT2D eigenvalue weighted by atomic mass is 10.1. The third-order valence-electron chi connectivity index (χ3n) is 7.75. The number of carbonyl (C=O) groups excluding carboxylic acids is 2. The zero-order chi connectivity index (χ0) is 25.7. The molecular weight excluding hydrogens is 488 g/mol. The van der Waals surface area contributed by atoms with Crippen molar-refractivity contribution in [1.82, 2.24) is 34.6 Å². The van der Waals surface area contributed by atoms with Gasteiger partial charge in [-0.2, -0.15) is 10.2 Å². The highest BCUT2D eigenvalue weighted by molar-refractivity contribution is 7.21. The van der Waals surface area contributed by atoms with Gasteiger partial charge < -0.3 is 10.6 Å². The smallest absolute Gasteiger partial charge is 0.260 e. The van der Waals surface area contributed by atoms with Crippen LogP contribution in [-0.2, 0) is 7.05 Å². The lowest BCUT2D eigenvalue weighted by molar-refractivity contribution is 0.0943. The number of hydrogen-bond acceptors (Lipinski definition) is 7. The molecule has 11 heteroatoms. The summed E-state index contributed by atoms with van der Waals surface area (Å²) in [7, 11) is 1.90. The third-order valence-corrected chi connectivity index (χ3v) is 8.89. The summed E-state index contributed by atoms with van der Waals surface area (Å²) < 4.78 is 3.53. The quantitative estimate of drug-likeness (QED) is 0.389. The molecule has 1 aliphatic heterocycles. The summed E-state index contributed by atoms with van der Waals surface area (Å²) in [5, 5.41) is 14.6. The van der Waals surface area contributed by atoms with Crippen LogP contribution in [-0.4, -0.2) is 66.8 Å². The van der Waals surface area contributed by atoms with E-state index in [0.29, 0.717) is 35.1 Å². The van der Waals surface area contributed by atoms with Gasteiger partial charge in [0.1, 0.15) is 4.83 Å². The maximum absolute atomic E-state index is 13.2. The molecule has 2 fully saturated rings. The minimum atomic E-state index is -0.294. The molecule has 10 nitrogen and oxygen atoms in total. The van der Waals surface area contributed by atoms with Crippen LogP contribution in [0.25, 0.3) is 15.3 Å². The lowest BCUT2D eigenvalue weighted by Gasteiger charge is -2.26. The van der Waals surface area contributed by atoms with E-state index in [-0.39, 0.29) is 11.8 Å². The molecule has 2 amide bonds. The second-order valence-electron chi connectivity index (χ2n) is 10.1. The van der Waals surface area contributed by atoms with Crippen molar-refractivity contribution in [1.29, 1.82) is 0 Å². The second kappa shape index (κ2) is 9.38. The van der Waals surface area contributed by atoms with E-state index in [2.05, 4.69) is 30.7 Å². The molecule has 5 heterocycles. The topological polar surface area (TPSA) is 109 Å². The van der Waals surface area contributed by atoms with Gasteiger partial charge in [0, 0.05) is 56.4 Å². The molecular formula is C26H30N8O2S. The SMILES string of the molecule is Cc1ncc(C(=O)NCCN2CC3CCC2C3)cc1NC(=O)c1cnn2cc(-c3cnn(C)c3C)sc12. The van der Waals surface area contributed by atoms with E-state index in [4.69, 9.17) is 0 Å². The van der Waals surface area contributed by atoms with Crippen LogP contribution in [0.1, 0.15) is 51.4 Å². The average Bonchev–Trinajstić information content (AvgIpc) is 3.69. The first kappa shape index (κ1) is 23.8. The predicted molar refractivity (Wildman–Crippen MR) is 142 cm³/mol. The van der Waals surface area contributed by atoms with Gasteiger partial charge in [0.25, 0.3) is 11.8 Å². The highest BCUT2D eigenvalue weighted by Crippen LogP contribution is 2.37. The van der Waals surface area contributed by atoms with Gasteiger partial charge in [-0.3, -0.25) is 24.2 Å². The fraction of sp³-hybridized carbons (Fsp3) is 0.423. The van der Waals surface area contributed by atoms with Crippen molar-refractivity contribution in [2.75, 3.05) is 25.0 Å². The molecule has 192 valence electrons. The molecule has 0 spiro atoms. The second-order valence-corrected chi connectivity index (χ2v) is 11.1. The Morgan fingerprint density at radius 1 is 1.14 bits per heavy atom. The summed E-state index contributed by atoms with van der Waals surface area (Å²) in [6.07, 6.45) is 10.8. The maximum Gasteiger partial charge on any atom is 0.260 e. The number of hydrogen-bond donors (Lipinski definition) is 2. The number of rotatable bonds is 7. The van der Waals surface area contributed by atoms with Gasteiger partial charge >= 0.3 is 0 Å².